The van der Waals surface area contributed by atoms with E-state index in [1.165, 1.54) is 51.3 Å². The van der Waals surface area contributed by atoms with Crippen molar-refractivity contribution in [1.82, 2.24) is 8.87 Å². The number of carbonyl (C=O) groups is 2. The summed E-state index contributed by atoms with van der Waals surface area (Å²) in [5, 5.41) is 2.87. The minimum Gasteiger partial charge on any atom is -0.497 e. The van der Waals surface area contributed by atoms with Gasteiger partial charge in [-0.05, 0) is 18.9 Å². The zero-order valence-corrected chi connectivity index (χ0v) is 19.6. The number of aryl methyl sites for hydroxylation is 1. The van der Waals surface area contributed by atoms with E-state index >= 15 is 0 Å². The number of halogens is 1. The lowest BCUT2D eigenvalue weighted by Crippen LogP contribution is -2.43. The number of nitrogens with zero attached hydrogens (tertiary/aromatic N) is 2. The molecule has 1 aromatic carbocycles. The number of anilines is 1. The van der Waals surface area contributed by atoms with E-state index in [0.29, 0.717) is 18.6 Å². The third-order valence-electron chi connectivity index (χ3n) is 5.22. The van der Waals surface area contributed by atoms with Gasteiger partial charge in [-0.25, -0.2) is 13.2 Å². The molecule has 1 fully saturated rings. The highest BCUT2D eigenvalue weighted by Gasteiger charge is 2.40. The fourth-order valence-corrected chi connectivity index (χ4v) is 5.55. The van der Waals surface area contributed by atoms with Gasteiger partial charge < -0.3 is 24.1 Å². The second-order valence-electron chi connectivity index (χ2n) is 7.11. The van der Waals surface area contributed by atoms with E-state index in [4.69, 9.17) is 21.1 Å². The van der Waals surface area contributed by atoms with Crippen molar-refractivity contribution in [3.05, 3.63) is 35.1 Å². The van der Waals surface area contributed by atoms with Gasteiger partial charge in [0.2, 0.25) is 15.9 Å². The SMILES string of the molecule is COC(=O)c1cc(S(=O)(=O)N2CCC[C@H]2C(=O)Nc2c(Cl)cc(OC)cc2OC)cn1C. The molecule has 1 atom stereocenters. The Balaban J connectivity index is 1.89. The van der Waals surface area contributed by atoms with Gasteiger partial charge in [0.05, 0.1) is 26.4 Å². The molecule has 0 unspecified atom stereocenters. The van der Waals surface area contributed by atoms with E-state index in [9.17, 15) is 18.0 Å². The van der Waals surface area contributed by atoms with Crippen molar-refractivity contribution >= 4 is 39.2 Å². The number of esters is 1. The van der Waals surface area contributed by atoms with E-state index in [1.807, 2.05) is 0 Å². The van der Waals surface area contributed by atoms with Crippen LogP contribution in [-0.4, -0.2) is 63.1 Å². The van der Waals surface area contributed by atoms with E-state index in [1.54, 1.807) is 6.07 Å². The summed E-state index contributed by atoms with van der Waals surface area (Å²) in [4.78, 5) is 24.8. The lowest BCUT2D eigenvalue weighted by molar-refractivity contribution is -0.119. The van der Waals surface area contributed by atoms with Gasteiger partial charge in [-0.1, -0.05) is 11.6 Å². The predicted octanol–water partition coefficient (Wildman–Crippen LogP) is 2.27. The summed E-state index contributed by atoms with van der Waals surface area (Å²) < 4.78 is 44.1. The van der Waals surface area contributed by atoms with Gasteiger partial charge in [0.15, 0.2) is 0 Å². The van der Waals surface area contributed by atoms with Gasteiger partial charge >= 0.3 is 5.97 Å². The summed E-state index contributed by atoms with van der Waals surface area (Å²) in [7, 11) is 1.59. The van der Waals surface area contributed by atoms with Crippen LogP contribution in [-0.2, 0) is 26.6 Å². The molecule has 2 aromatic rings. The average Bonchev–Trinajstić information content (AvgIpc) is 3.42. The zero-order chi connectivity index (χ0) is 23.6. The Bertz CT molecular complexity index is 1150. The Morgan fingerprint density at radius 2 is 1.88 bits per heavy atom. The highest BCUT2D eigenvalue weighted by atomic mass is 35.5. The quantitative estimate of drug-likeness (QED) is 0.598. The van der Waals surface area contributed by atoms with Crippen molar-refractivity contribution < 1.29 is 32.2 Å². The molecular weight excluding hydrogens is 462 g/mol. The van der Waals surface area contributed by atoms with E-state index in [-0.39, 0.29) is 33.6 Å². The summed E-state index contributed by atoms with van der Waals surface area (Å²) in [6.45, 7) is 0.163. The van der Waals surface area contributed by atoms with Gasteiger partial charge in [0, 0.05) is 31.9 Å². The highest BCUT2D eigenvalue weighted by molar-refractivity contribution is 7.89. The van der Waals surface area contributed by atoms with Crippen molar-refractivity contribution in [1.29, 1.82) is 0 Å². The molecule has 1 aromatic heterocycles. The molecule has 0 saturated carbocycles. The van der Waals surface area contributed by atoms with Crippen LogP contribution in [0, 0.1) is 0 Å². The normalized spacial score (nSPS) is 16.6. The number of rotatable bonds is 7. The van der Waals surface area contributed by atoms with Gasteiger partial charge in [0.25, 0.3) is 0 Å². The largest absolute Gasteiger partial charge is 0.497 e. The predicted molar refractivity (Wildman–Crippen MR) is 117 cm³/mol. The molecule has 32 heavy (non-hydrogen) atoms. The van der Waals surface area contributed by atoms with Gasteiger partial charge in [-0.15, -0.1) is 0 Å². The van der Waals surface area contributed by atoms with Crippen molar-refractivity contribution in [2.24, 2.45) is 7.05 Å². The summed E-state index contributed by atoms with van der Waals surface area (Å²) >= 11 is 6.28. The molecule has 3 rings (SSSR count). The lowest BCUT2D eigenvalue weighted by atomic mass is 10.2. The average molecular weight is 486 g/mol. The smallest absolute Gasteiger partial charge is 0.354 e. The first kappa shape index (κ1) is 23.9. The third-order valence-corrected chi connectivity index (χ3v) is 7.39. The maximum atomic E-state index is 13.3. The lowest BCUT2D eigenvalue weighted by Gasteiger charge is -2.23. The maximum Gasteiger partial charge on any atom is 0.354 e. The summed E-state index contributed by atoms with van der Waals surface area (Å²) in [5.41, 5.74) is 0.304. The topological polar surface area (TPSA) is 116 Å². The van der Waals surface area contributed by atoms with Crippen LogP contribution in [0.5, 0.6) is 11.5 Å². The molecule has 1 N–H and O–H groups in total. The number of sulfonamides is 1. The van der Waals surface area contributed by atoms with Crippen LogP contribution in [0.25, 0.3) is 0 Å². The second kappa shape index (κ2) is 9.39. The maximum absolute atomic E-state index is 13.3. The van der Waals surface area contributed by atoms with Gasteiger partial charge in [-0.3, -0.25) is 4.79 Å². The molecule has 174 valence electrons. The van der Waals surface area contributed by atoms with E-state index in [2.05, 4.69) is 10.1 Å². The minimum absolute atomic E-state index is 0.0843. The van der Waals surface area contributed by atoms with Gasteiger partial charge in [0.1, 0.15) is 33.8 Å². The first-order valence-electron chi connectivity index (χ1n) is 9.63. The Kier molecular flexibility index (Phi) is 7.01. The Morgan fingerprint density at radius 3 is 2.50 bits per heavy atom. The van der Waals surface area contributed by atoms with Crippen molar-refractivity contribution in [2.45, 2.75) is 23.8 Å². The number of hydrogen-bond acceptors (Lipinski definition) is 7. The molecule has 0 radical (unpaired) electrons. The van der Waals surface area contributed by atoms with Crippen LogP contribution < -0.4 is 14.8 Å². The molecule has 10 nitrogen and oxygen atoms in total. The number of benzene rings is 1. The zero-order valence-electron chi connectivity index (χ0n) is 18.0. The van der Waals surface area contributed by atoms with Crippen LogP contribution in [0.1, 0.15) is 23.3 Å². The number of amides is 1. The van der Waals surface area contributed by atoms with Crippen LogP contribution in [0.15, 0.2) is 29.3 Å². The number of hydrogen-bond donors (Lipinski definition) is 1. The monoisotopic (exact) mass is 485 g/mol. The summed E-state index contributed by atoms with van der Waals surface area (Å²) in [5.74, 6) is -0.479. The van der Waals surface area contributed by atoms with Gasteiger partial charge in [-0.2, -0.15) is 4.31 Å². The molecule has 0 bridgehead atoms. The molecule has 1 aliphatic heterocycles. The Hall–Kier alpha value is -2.76. The van der Waals surface area contributed by atoms with E-state index in [0.717, 1.165) is 4.31 Å². The van der Waals surface area contributed by atoms with Crippen LogP contribution in [0.4, 0.5) is 5.69 Å². The Labute approximate surface area is 191 Å². The summed E-state index contributed by atoms with van der Waals surface area (Å²) in [6.07, 6.45) is 2.15. The van der Waals surface area contributed by atoms with Crippen molar-refractivity contribution in [3.63, 3.8) is 0 Å². The number of carbonyl (C=O) groups excluding carboxylic acids is 2. The number of methoxy groups -OCH3 is 3. The summed E-state index contributed by atoms with van der Waals surface area (Å²) in [6, 6.07) is 3.35. The van der Waals surface area contributed by atoms with Crippen molar-refractivity contribution in [3.8, 4) is 11.5 Å². The van der Waals surface area contributed by atoms with Crippen molar-refractivity contribution in [2.75, 3.05) is 33.2 Å². The molecule has 1 saturated heterocycles. The molecule has 12 heteroatoms. The molecule has 2 heterocycles. The first-order valence-corrected chi connectivity index (χ1v) is 11.4. The molecular formula is C20H24ClN3O7S. The van der Waals surface area contributed by atoms with Crippen LogP contribution in [0.2, 0.25) is 5.02 Å². The molecule has 0 spiro atoms. The third kappa shape index (κ3) is 4.41. The van der Waals surface area contributed by atoms with Crippen LogP contribution in [0.3, 0.4) is 0 Å². The molecule has 1 aliphatic rings. The number of aromatic nitrogens is 1. The standard InChI is InChI=1S/C20H24ClN3O7S/c1-23-11-13(10-16(23)20(26)31-4)32(27,28)24-7-5-6-15(24)19(25)22-18-14(21)8-12(29-2)9-17(18)30-3/h8-11,15H,5-7H2,1-4H3,(H,22,25)/t15-/m0/s1. The molecule has 0 aliphatic carbocycles. The van der Waals surface area contributed by atoms with E-state index < -0.39 is 27.9 Å². The first-order chi connectivity index (χ1) is 15.1. The number of nitrogens with one attached hydrogen (secondary N) is 1. The fourth-order valence-electron chi connectivity index (χ4n) is 3.57. The molecule has 1 amide bonds. The fraction of sp³-hybridized carbons (Fsp3) is 0.400. The highest BCUT2D eigenvalue weighted by Crippen LogP contribution is 2.37. The van der Waals surface area contributed by atoms with Crippen LogP contribution >= 0.6 is 11.6 Å². The minimum atomic E-state index is -4.05. The Morgan fingerprint density at radius 1 is 1.16 bits per heavy atom. The second-order valence-corrected chi connectivity index (χ2v) is 9.41. The number of ether oxygens (including phenoxy) is 3.